The van der Waals surface area contributed by atoms with Gasteiger partial charge in [-0.1, -0.05) is 109 Å². The standard InChI is InChI=1S/C28H50N2O/c1-3-5-7-9-11-12-14-16-22-31-27-20-18-26(19-21-27)28-29-23-25(24-30-28)17-15-13-10-8-6-4-2/h18-21,25,28-30H,3-17,22-24H2,1-2H3. The van der Waals surface area contributed by atoms with E-state index in [4.69, 9.17) is 4.74 Å². The lowest BCUT2D eigenvalue weighted by Crippen LogP contribution is -2.46. The fourth-order valence-corrected chi connectivity index (χ4v) is 4.55. The van der Waals surface area contributed by atoms with Crippen molar-refractivity contribution in [2.24, 2.45) is 5.92 Å². The van der Waals surface area contributed by atoms with Crippen LogP contribution in [0.3, 0.4) is 0 Å². The minimum absolute atomic E-state index is 0.280. The quantitative estimate of drug-likeness (QED) is 0.233. The SMILES string of the molecule is CCCCCCCCCCOc1ccc(C2NCC(CCCCCCCC)CN2)cc1. The highest BCUT2D eigenvalue weighted by molar-refractivity contribution is 5.29. The van der Waals surface area contributed by atoms with E-state index < -0.39 is 0 Å². The van der Waals surface area contributed by atoms with Crippen LogP contribution in [0.5, 0.6) is 5.75 Å². The van der Waals surface area contributed by atoms with Crippen molar-refractivity contribution in [3.63, 3.8) is 0 Å². The van der Waals surface area contributed by atoms with Gasteiger partial charge < -0.3 is 4.74 Å². The molecule has 178 valence electrons. The molecule has 0 atom stereocenters. The van der Waals surface area contributed by atoms with Gasteiger partial charge >= 0.3 is 0 Å². The summed E-state index contributed by atoms with van der Waals surface area (Å²) in [6.45, 7) is 7.66. The molecule has 0 bridgehead atoms. The molecule has 0 unspecified atom stereocenters. The molecule has 1 saturated heterocycles. The number of benzene rings is 1. The minimum Gasteiger partial charge on any atom is -0.494 e. The van der Waals surface area contributed by atoms with Crippen LogP contribution in [0.15, 0.2) is 24.3 Å². The third-order valence-electron chi connectivity index (χ3n) is 6.67. The van der Waals surface area contributed by atoms with Crippen molar-refractivity contribution in [2.45, 2.75) is 116 Å². The number of ether oxygens (including phenoxy) is 1. The molecule has 1 fully saturated rings. The number of rotatable bonds is 18. The van der Waals surface area contributed by atoms with Gasteiger partial charge in [-0.3, -0.25) is 10.6 Å². The summed E-state index contributed by atoms with van der Waals surface area (Å²) < 4.78 is 5.95. The largest absolute Gasteiger partial charge is 0.494 e. The molecule has 0 amide bonds. The van der Waals surface area contributed by atoms with Gasteiger partial charge in [-0.2, -0.15) is 0 Å². The fraction of sp³-hybridized carbons (Fsp3) is 0.786. The Morgan fingerprint density at radius 2 is 1.19 bits per heavy atom. The summed E-state index contributed by atoms with van der Waals surface area (Å²) in [7, 11) is 0. The molecule has 1 aliphatic rings. The van der Waals surface area contributed by atoms with Crippen molar-refractivity contribution in [1.82, 2.24) is 10.6 Å². The zero-order valence-electron chi connectivity index (χ0n) is 20.6. The third kappa shape index (κ3) is 11.9. The third-order valence-corrected chi connectivity index (χ3v) is 6.67. The van der Waals surface area contributed by atoms with Crippen molar-refractivity contribution in [3.8, 4) is 5.75 Å². The van der Waals surface area contributed by atoms with Crippen LogP contribution in [0.2, 0.25) is 0 Å². The number of unbranched alkanes of at least 4 members (excludes halogenated alkanes) is 12. The Labute approximate surface area is 193 Å². The molecule has 31 heavy (non-hydrogen) atoms. The molecule has 1 heterocycles. The molecule has 0 aromatic heterocycles. The summed E-state index contributed by atoms with van der Waals surface area (Å²) in [6, 6.07) is 8.68. The van der Waals surface area contributed by atoms with Crippen LogP contribution in [-0.2, 0) is 0 Å². The first kappa shape index (κ1) is 26.2. The van der Waals surface area contributed by atoms with Gasteiger partial charge in [0, 0.05) is 13.1 Å². The fourth-order valence-electron chi connectivity index (χ4n) is 4.55. The first-order valence-corrected chi connectivity index (χ1v) is 13.5. The van der Waals surface area contributed by atoms with E-state index in [1.807, 2.05) is 0 Å². The van der Waals surface area contributed by atoms with Crippen LogP contribution < -0.4 is 15.4 Å². The van der Waals surface area contributed by atoms with E-state index >= 15 is 0 Å². The second-order valence-electron chi connectivity index (χ2n) is 9.56. The Hall–Kier alpha value is -1.06. The van der Waals surface area contributed by atoms with E-state index in [2.05, 4.69) is 48.7 Å². The highest BCUT2D eigenvalue weighted by Gasteiger charge is 2.20. The second kappa shape index (κ2) is 17.5. The van der Waals surface area contributed by atoms with E-state index in [0.717, 1.165) is 31.4 Å². The van der Waals surface area contributed by atoms with Crippen LogP contribution in [0.4, 0.5) is 0 Å². The summed E-state index contributed by atoms with van der Waals surface area (Å²) in [5.41, 5.74) is 1.32. The molecule has 0 aliphatic carbocycles. The Morgan fingerprint density at radius 1 is 0.677 bits per heavy atom. The molecule has 2 N–H and O–H groups in total. The van der Waals surface area contributed by atoms with Crippen molar-refractivity contribution >= 4 is 0 Å². The highest BCUT2D eigenvalue weighted by Crippen LogP contribution is 2.21. The van der Waals surface area contributed by atoms with E-state index in [9.17, 15) is 0 Å². The van der Waals surface area contributed by atoms with Crippen molar-refractivity contribution in [3.05, 3.63) is 29.8 Å². The first-order chi connectivity index (χ1) is 15.3. The summed E-state index contributed by atoms with van der Waals surface area (Å²) in [4.78, 5) is 0. The van der Waals surface area contributed by atoms with Gasteiger partial charge in [-0.25, -0.2) is 0 Å². The monoisotopic (exact) mass is 430 g/mol. The number of nitrogens with one attached hydrogen (secondary N) is 2. The van der Waals surface area contributed by atoms with Gasteiger partial charge in [0.1, 0.15) is 5.75 Å². The van der Waals surface area contributed by atoms with Crippen molar-refractivity contribution in [1.29, 1.82) is 0 Å². The van der Waals surface area contributed by atoms with Gasteiger partial charge in [0.05, 0.1) is 12.8 Å². The summed E-state index contributed by atoms with van der Waals surface area (Å²) in [5.74, 6) is 1.78. The van der Waals surface area contributed by atoms with E-state index in [1.165, 1.54) is 102 Å². The maximum absolute atomic E-state index is 5.95. The van der Waals surface area contributed by atoms with Gasteiger partial charge in [0.15, 0.2) is 0 Å². The Balaban J connectivity index is 1.52. The summed E-state index contributed by atoms with van der Waals surface area (Å²) in [6.07, 6.45) is 20.7. The summed E-state index contributed by atoms with van der Waals surface area (Å²) >= 11 is 0. The summed E-state index contributed by atoms with van der Waals surface area (Å²) in [5, 5.41) is 7.40. The zero-order chi connectivity index (χ0) is 22.0. The predicted octanol–water partition coefficient (Wildman–Crippen LogP) is 7.76. The smallest absolute Gasteiger partial charge is 0.119 e. The molecular weight excluding hydrogens is 380 g/mol. The number of hydrogen-bond acceptors (Lipinski definition) is 3. The van der Waals surface area contributed by atoms with E-state index in [-0.39, 0.29) is 6.17 Å². The van der Waals surface area contributed by atoms with Crippen LogP contribution in [-0.4, -0.2) is 19.7 Å². The van der Waals surface area contributed by atoms with Crippen LogP contribution in [0.25, 0.3) is 0 Å². The maximum Gasteiger partial charge on any atom is 0.119 e. The lowest BCUT2D eigenvalue weighted by atomic mass is 9.97. The first-order valence-electron chi connectivity index (χ1n) is 13.5. The molecule has 0 saturated carbocycles. The molecule has 1 aromatic carbocycles. The molecule has 3 nitrogen and oxygen atoms in total. The second-order valence-corrected chi connectivity index (χ2v) is 9.56. The average molecular weight is 431 g/mol. The highest BCUT2D eigenvalue weighted by atomic mass is 16.5. The predicted molar refractivity (Wildman–Crippen MR) is 135 cm³/mol. The van der Waals surface area contributed by atoms with Gasteiger partial charge in [0.25, 0.3) is 0 Å². The Kier molecular flexibility index (Phi) is 14.8. The lowest BCUT2D eigenvalue weighted by Gasteiger charge is -2.31. The van der Waals surface area contributed by atoms with Crippen LogP contribution >= 0.6 is 0 Å². The normalized spacial score (nSPS) is 18.9. The Morgan fingerprint density at radius 3 is 1.77 bits per heavy atom. The van der Waals surface area contributed by atoms with Crippen molar-refractivity contribution < 1.29 is 4.74 Å². The van der Waals surface area contributed by atoms with E-state index in [1.54, 1.807) is 0 Å². The molecule has 3 heteroatoms. The van der Waals surface area contributed by atoms with Gasteiger partial charge in [-0.05, 0) is 36.5 Å². The Bertz CT molecular complexity index is 522. The molecule has 2 rings (SSSR count). The average Bonchev–Trinajstić information content (AvgIpc) is 2.81. The van der Waals surface area contributed by atoms with Crippen LogP contribution in [0, 0.1) is 5.92 Å². The number of hydrogen-bond donors (Lipinski definition) is 2. The molecule has 0 radical (unpaired) electrons. The van der Waals surface area contributed by atoms with Gasteiger partial charge in [-0.15, -0.1) is 0 Å². The molecule has 1 aromatic rings. The maximum atomic E-state index is 5.95. The topological polar surface area (TPSA) is 33.3 Å². The van der Waals surface area contributed by atoms with Gasteiger partial charge in [0.2, 0.25) is 0 Å². The molecular formula is C28H50N2O. The van der Waals surface area contributed by atoms with E-state index in [0.29, 0.717) is 0 Å². The lowest BCUT2D eigenvalue weighted by molar-refractivity contribution is 0.281. The zero-order valence-corrected chi connectivity index (χ0v) is 20.6. The van der Waals surface area contributed by atoms with Crippen LogP contribution in [0.1, 0.15) is 122 Å². The molecule has 0 spiro atoms. The molecule has 1 aliphatic heterocycles. The minimum atomic E-state index is 0.280. The van der Waals surface area contributed by atoms with Crippen molar-refractivity contribution in [2.75, 3.05) is 19.7 Å².